The molecule has 0 aliphatic carbocycles. The maximum absolute atomic E-state index is 13.1. The molecule has 3 rings (SSSR count). The second-order valence-corrected chi connectivity index (χ2v) is 7.37. The minimum atomic E-state index is -4.78. The summed E-state index contributed by atoms with van der Waals surface area (Å²) >= 11 is 0. The molecule has 0 radical (unpaired) electrons. The van der Waals surface area contributed by atoms with Crippen molar-refractivity contribution in [2.24, 2.45) is 0 Å². The van der Waals surface area contributed by atoms with Crippen molar-refractivity contribution in [1.82, 2.24) is 20.0 Å². The third kappa shape index (κ3) is 5.13. The van der Waals surface area contributed by atoms with E-state index in [2.05, 4.69) is 20.1 Å². The minimum absolute atomic E-state index is 0.0519. The molecule has 3 aromatic rings. The first kappa shape index (κ1) is 22.1. The van der Waals surface area contributed by atoms with Gasteiger partial charge in [-0.25, -0.2) is 4.68 Å². The fourth-order valence-corrected chi connectivity index (χ4v) is 2.91. The summed E-state index contributed by atoms with van der Waals surface area (Å²) < 4.78 is 40.6. The van der Waals surface area contributed by atoms with Gasteiger partial charge in [-0.3, -0.25) is 4.79 Å². The number of rotatable bonds is 6. The molecule has 0 saturated carbocycles. The number of halogens is 3. The van der Waals surface area contributed by atoms with Crippen LogP contribution in [0.5, 0.6) is 0 Å². The minimum Gasteiger partial charge on any atom is -0.380 e. The SMILES string of the molecule is [C-]#[N+]c1ncc(CC(=O)[C@@](C)(O)Cn2cc(-c3ccc(C)cc3)nn2)cc1C(F)(F)F. The van der Waals surface area contributed by atoms with Crippen molar-refractivity contribution < 1.29 is 23.1 Å². The molecule has 0 saturated heterocycles. The van der Waals surface area contributed by atoms with Gasteiger partial charge >= 0.3 is 6.18 Å². The largest absolute Gasteiger partial charge is 0.409 e. The van der Waals surface area contributed by atoms with Crippen LogP contribution < -0.4 is 0 Å². The molecular weight excluding hydrogens is 411 g/mol. The summed E-state index contributed by atoms with van der Waals surface area (Å²) in [7, 11) is 0. The molecule has 1 aromatic carbocycles. The van der Waals surface area contributed by atoms with Gasteiger partial charge in [0.2, 0.25) is 0 Å². The van der Waals surface area contributed by atoms with E-state index >= 15 is 0 Å². The van der Waals surface area contributed by atoms with Crippen LogP contribution in [-0.4, -0.2) is 36.5 Å². The number of alkyl halides is 3. The zero-order valence-electron chi connectivity index (χ0n) is 16.7. The molecule has 10 heteroatoms. The number of nitrogens with zero attached hydrogens (tertiary/aromatic N) is 5. The number of carbonyl (C=O) groups is 1. The van der Waals surface area contributed by atoms with Gasteiger partial charge in [0.1, 0.15) is 17.5 Å². The number of benzene rings is 1. The molecule has 1 atom stereocenters. The Balaban J connectivity index is 1.75. The van der Waals surface area contributed by atoms with Crippen LogP contribution in [0.4, 0.5) is 19.0 Å². The van der Waals surface area contributed by atoms with E-state index in [0.717, 1.165) is 17.3 Å². The summed E-state index contributed by atoms with van der Waals surface area (Å²) in [5.41, 5.74) is -0.729. The number of Topliss-reactive ketones (excluding diaryl/α,β-unsaturated/α-hetero) is 1. The maximum Gasteiger partial charge on any atom is 0.409 e. The molecule has 0 fully saturated rings. The van der Waals surface area contributed by atoms with E-state index in [0.29, 0.717) is 11.8 Å². The number of carbonyl (C=O) groups excluding carboxylic acids is 1. The number of pyridine rings is 1. The Morgan fingerprint density at radius 1 is 1.26 bits per heavy atom. The Bertz CT molecular complexity index is 1150. The molecular formula is C21H18F3N5O2. The molecule has 0 amide bonds. The van der Waals surface area contributed by atoms with Crippen molar-refractivity contribution in [2.75, 3.05) is 0 Å². The third-order valence-electron chi connectivity index (χ3n) is 4.66. The van der Waals surface area contributed by atoms with E-state index in [1.165, 1.54) is 11.6 Å². The lowest BCUT2D eigenvalue weighted by Gasteiger charge is -2.21. The van der Waals surface area contributed by atoms with Crippen molar-refractivity contribution >= 4 is 11.6 Å². The molecule has 2 aromatic heterocycles. The molecule has 0 unspecified atom stereocenters. The third-order valence-corrected chi connectivity index (χ3v) is 4.66. The number of hydrogen-bond acceptors (Lipinski definition) is 5. The predicted molar refractivity (Wildman–Crippen MR) is 105 cm³/mol. The summed E-state index contributed by atoms with van der Waals surface area (Å²) in [6.07, 6.45) is -2.66. The van der Waals surface area contributed by atoms with E-state index in [1.54, 1.807) is 6.20 Å². The number of ketones is 1. The Morgan fingerprint density at radius 3 is 2.55 bits per heavy atom. The Hall–Kier alpha value is -3.58. The van der Waals surface area contributed by atoms with Gasteiger partial charge < -0.3 is 9.95 Å². The lowest BCUT2D eigenvalue weighted by atomic mass is 9.95. The van der Waals surface area contributed by atoms with Crippen LogP contribution >= 0.6 is 0 Å². The van der Waals surface area contributed by atoms with E-state index < -0.39 is 35.4 Å². The molecule has 1 N–H and O–H groups in total. The highest BCUT2D eigenvalue weighted by Crippen LogP contribution is 2.35. The highest BCUT2D eigenvalue weighted by atomic mass is 19.4. The Labute approximate surface area is 176 Å². The predicted octanol–water partition coefficient (Wildman–Crippen LogP) is 3.78. The Morgan fingerprint density at radius 2 is 1.94 bits per heavy atom. The summed E-state index contributed by atoms with van der Waals surface area (Å²) in [6, 6.07) is 8.27. The quantitative estimate of drug-likeness (QED) is 0.603. The number of aliphatic hydroxyl groups is 1. The lowest BCUT2D eigenvalue weighted by Crippen LogP contribution is -2.41. The van der Waals surface area contributed by atoms with Crippen LogP contribution in [0.1, 0.15) is 23.6 Å². The monoisotopic (exact) mass is 429 g/mol. The van der Waals surface area contributed by atoms with Crippen LogP contribution in [0.15, 0.2) is 42.7 Å². The normalized spacial score (nSPS) is 13.5. The summed E-state index contributed by atoms with van der Waals surface area (Å²) in [5, 5.41) is 18.6. The van der Waals surface area contributed by atoms with Crippen molar-refractivity contribution in [1.29, 1.82) is 0 Å². The topological polar surface area (TPSA) is 85.3 Å². The highest BCUT2D eigenvalue weighted by Gasteiger charge is 2.36. The average Bonchev–Trinajstić information content (AvgIpc) is 3.15. The van der Waals surface area contributed by atoms with Gasteiger partial charge in [0, 0.05) is 17.5 Å². The van der Waals surface area contributed by atoms with Crippen LogP contribution in [0, 0.1) is 13.5 Å². The zero-order chi connectivity index (χ0) is 22.8. The molecule has 160 valence electrons. The van der Waals surface area contributed by atoms with Crippen molar-refractivity contribution in [3.8, 4) is 11.3 Å². The van der Waals surface area contributed by atoms with Gasteiger partial charge in [0.15, 0.2) is 5.78 Å². The standard InChI is InChI=1S/C21H18F3N5O2/c1-13-4-6-15(7-5-13)17-11-29(28-27-17)12-20(2,31)18(30)9-14-8-16(21(22,23)24)19(25-3)26-10-14/h4-8,10-11,31H,9,12H2,1-2H3/t20-/m0/s1. The first-order chi connectivity index (χ1) is 14.5. The van der Waals surface area contributed by atoms with Gasteiger partial charge in [0.25, 0.3) is 5.82 Å². The fraction of sp³-hybridized carbons (Fsp3) is 0.286. The van der Waals surface area contributed by atoms with Crippen LogP contribution in [0.3, 0.4) is 0 Å². The maximum atomic E-state index is 13.1. The molecule has 0 bridgehead atoms. The summed E-state index contributed by atoms with van der Waals surface area (Å²) in [5.74, 6) is -1.51. The summed E-state index contributed by atoms with van der Waals surface area (Å²) in [6.45, 7) is 9.79. The molecule has 31 heavy (non-hydrogen) atoms. The van der Waals surface area contributed by atoms with Crippen molar-refractivity contribution in [3.63, 3.8) is 0 Å². The smallest absolute Gasteiger partial charge is 0.380 e. The van der Waals surface area contributed by atoms with E-state index in [-0.39, 0.29) is 12.1 Å². The second kappa shape index (κ2) is 8.28. The van der Waals surface area contributed by atoms with Gasteiger partial charge in [0.05, 0.1) is 18.3 Å². The number of hydrogen-bond donors (Lipinski definition) is 1. The van der Waals surface area contributed by atoms with Gasteiger partial charge in [-0.1, -0.05) is 47.7 Å². The Kier molecular flexibility index (Phi) is 5.90. The van der Waals surface area contributed by atoms with Crippen molar-refractivity contribution in [3.05, 3.63) is 70.8 Å². The number of aryl methyl sites for hydroxylation is 1. The van der Waals surface area contributed by atoms with Crippen LogP contribution in [-0.2, 0) is 23.9 Å². The first-order valence-electron chi connectivity index (χ1n) is 9.16. The number of aromatic nitrogens is 4. The van der Waals surface area contributed by atoms with Crippen molar-refractivity contribution in [2.45, 2.75) is 38.6 Å². The fourth-order valence-electron chi connectivity index (χ4n) is 2.91. The zero-order valence-corrected chi connectivity index (χ0v) is 16.7. The molecule has 0 aliphatic rings. The van der Waals surface area contributed by atoms with E-state index in [4.69, 9.17) is 6.57 Å². The highest BCUT2D eigenvalue weighted by molar-refractivity contribution is 5.88. The van der Waals surface area contributed by atoms with Crippen LogP contribution in [0.25, 0.3) is 16.1 Å². The van der Waals surface area contributed by atoms with Gasteiger partial charge in [-0.2, -0.15) is 13.2 Å². The van der Waals surface area contributed by atoms with E-state index in [9.17, 15) is 23.1 Å². The van der Waals surface area contributed by atoms with E-state index in [1.807, 2.05) is 31.2 Å². The second-order valence-electron chi connectivity index (χ2n) is 7.37. The van der Waals surface area contributed by atoms with Gasteiger partial charge in [-0.05, 0) is 13.8 Å². The molecule has 7 nitrogen and oxygen atoms in total. The average molecular weight is 429 g/mol. The first-order valence-corrected chi connectivity index (χ1v) is 9.16. The molecule has 0 spiro atoms. The molecule has 0 aliphatic heterocycles. The lowest BCUT2D eigenvalue weighted by molar-refractivity contribution is -0.138. The van der Waals surface area contributed by atoms with Crippen LogP contribution in [0.2, 0.25) is 0 Å². The summed E-state index contributed by atoms with van der Waals surface area (Å²) in [4.78, 5) is 18.8. The van der Waals surface area contributed by atoms with Gasteiger partial charge in [-0.15, -0.1) is 10.1 Å². The molecule has 2 heterocycles.